The molecule has 0 radical (unpaired) electrons. The quantitative estimate of drug-likeness (QED) is 0.754. The number of rotatable bonds is 7. The van der Waals surface area contributed by atoms with Gasteiger partial charge in [-0.05, 0) is 38.0 Å². The summed E-state index contributed by atoms with van der Waals surface area (Å²) < 4.78 is 0. The molecule has 116 valence electrons. The number of carboxylic acids is 1. The molecule has 0 aliphatic heterocycles. The minimum absolute atomic E-state index is 0.0706. The van der Waals surface area contributed by atoms with E-state index in [9.17, 15) is 14.7 Å². The number of amides is 1. The molecule has 4 unspecified atom stereocenters. The van der Waals surface area contributed by atoms with Crippen LogP contribution in [0.25, 0.3) is 0 Å². The lowest BCUT2D eigenvalue weighted by molar-refractivity contribution is -0.146. The normalized spacial score (nSPS) is 27.6. The average Bonchev–Trinajstić information content (AvgIpc) is 2.71. The van der Waals surface area contributed by atoms with Crippen molar-refractivity contribution < 1.29 is 14.7 Å². The van der Waals surface area contributed by atoms with Gasteiger partial charge in [0, 0.05) is 6.04 Å². The van der Waals surface area contributed by atoms with E-state index in [1.54, 1.807) is 0 Å². The molecule has 1 rings (SSSR count). The van der Waals surface area contributed by atoms with Gasteiger partial charge < -0.3 is 10.4 Å². The van der Waals surface area contributed by atoms with Gasteiger partial charge in [-0.1, -0.05) is 33.6 Å². The smallest absolute Gasteiger partial charge is 0.307 e. The van der Waals surface area contributed by atoms with Crippen LogP contribution >= 0.6 is 0 Å². The van der Waals surface area contributed by atoms with Crippen molar-refractivity contribution in [1.82, 2.24) is 5.32 Å². The fourth-order valence-electron chi connectivity index (χ4n) is 3.11. The van der Waals surface area contributed by atoms with Crippen LogP contribution in [-0.4, -0.2) is 23.0 Å². The van der Waals surface area contributed by atoms with Gasteiger partial charge in [0.2, 0.25) is 5.91 Å². The van der Waals surface area contributed by atoms with Gasteiger partial charge in [-0.25, -0.2) is 0 Å². The van der Waals surface area contributed by atoms with Gasteiger partial charge >= 0.3 is 5.97 Å². The first-order chi connectivity index (χ1) is 9.31. The number of hydrogen-bond donors (Lipinski definition) is 2. The van der Waals surface area contributed by atoms with Crippen LogP contribution in [0.3, 0.4) is 0 Å². The highest BCUT2D eigenvalue weighted by molar-refractivity contribution is 5.85. The van der Waals surface area contributed by atoms with E-state index in [0.717, 1.165) is 12.8 Å². The van der Waals surface area contributed by atoms with Crippen molar-refractivity contribution in [1.29, 1.82) is 0 Å². The zero-order valence-electron chi connectivity index (χ0n) is 13.2. The Bertz CT molecular complexity index is 341. The predicted molar refractivity (Wildman–Crippen MR) is 79.3 cm³/mol. The Labute approximate surface area is 122 Å². The molecule has 1 aliphatic carbocycles. The third-order valence-electron chi connectivity index (χ3n) is 4.26. The highest BCUT2D eigenvalue weighted by atomic mass is 16.4. The summed E-state index contributed by atoms with van der Waals surface area (Å²) in [6, 6.07) is 0.131. The molecule has 0 aromatic rings. The molecule has 0 spiro atoms. The maximum absolute atomic E-state index is 12.2. The van der Waals surface area contributed by atoms with E-state index in [-0.39, 0.29) is 17.9 Å². The number of nitrogens with one attached hydrogen (secondary N) is 1. The van der Waals surface area contributed by atoms with Gasteiger partial charge in [-0.3, -0.25) is 9.59 Å². The third-order valence-corrected chi connectivity index (χ3v) is 4.26. The highest BCUT2D eigenvalue weighted by Gasteiger charge is 2.41. The van der Waals surface area contributed by atoms with Crippen molar-refractivity contribution >= 4 is 11.9 Å². The number of aliphatic carboxylic acids is 1. The van der Waals surface area contributed by atoms with Gasteiger partial charge in [0.1, 0.15) is 0 Å². The monoisotopic (exact) mass is 283 g/mol. The summed E-state index contributed by atoms with van der Waals surface area (Å²) in [6.45, 7) is 8.42. The van der Waals surface area contributed by atoms with E-state index in [2.05, 4.69) is 19.2 Å². The van der Waals surface area contributed by atoms with Crippen molar-refractivity contribution in [2.75, 3.05) is 0 Å². The van der Waals surface area contributed by atoms with E-state index in [4.69, 9.17) is 0 Å². The van der Waals surface area contributed by atoms with Crippen LogP contribution < -0.4 is 5.32 Å². The third kappa shape index (κ3) is 5.14. The van der Waals surface area contributed by atoms with Crippen molar-refractivity contribution in [2.45, 2.75) is 65.8 Å². The molecule has 0 aromatic heterocycles. The molecule has 4 heteroatoms. The lowest BCUT2D eigenvalue weighted by atomic mass is 9.94. The molecule has 0 saturated heterocycles. The Morgan fingerprint density at radius 2 is 1.75 bits per heavy atom. The first kappa shape index (κ1) is 17.0. The Morgan fingerprint density at radius 1 is 1.15 bits per heavy atom. The summed E-state index contributed by atoms with van der Waals surface area (Å²) in [6.07, 6.45) is 4.54. The van der Waals surface area contributed by atoms with Gasteiger partial charge in [0.25, 0.3) is 0 Å². The molecule has 4 nitrogen and oxygen atoms in total. The molecule has 0 bridgehead atoms. The summed E-state index contributed by atoms with van der Waals surface area (Å²) in [7, 11) is 0. The maximum atomic E-state index is 12.2. The molecule has 0 aromatic carbocycles. The number of hydrogen-bond acceptors (Lipinski definition) is 2. The van der Waals surface area contributed by atoms with Crippen molar-refractivity contribution in [3.8, 4) is 0 Å². The predicted octanol–water partition coefficient (Wildman–Crippen LogP) is 3.06. The number of carboxylic acid groups (broad SMARTS) is 1. The molecule has 4 atom stereocenters. The SMILES string of the molecule is CC(C)CCCC(C)NC(=O)C1CC(C)CC1C(=O)O. The maximum Gasteiger partial charge on any atom is 0.307 e. The van der Waals surface area contributed by atoms with Crippen LogP contribution in [0.5, 0.6) is 0 Å². The first-order valence-corrected chi connectivity index (χ1v) is 7.84. The molecule has 1 fully saturated rings. The summed E-state index contributed by atoms with van der Waals surface area (Å²) in [5.74, 6) is -0.753. The van der Waals surface area contributed by atoms with E-state index in [0.29, 0.717) is 24.7 Å². The summed E-state index contributed by atoms with van der Waals surface area (Å²) >= 11 is 0. The topological polar surface area (TPSA) is 66.4 Å². The number of carbonyl (C=O) groups is 2. The van der Waals surface area contributed by atoms with Gasteiger partial charge in [-0.2, -0.15) is 0 Å². The van der Waals surface area contributed by atoms with E-state index >= 15 is 0 Å². The Kier molecular flexibility index (Phi) is 6.50. The Morgan fingerprint density at radius 3 is 2.30 bits per heavy atom. The van der Waals surface area contributed by atoms with Gasteiger partial charge in [0.15, 0.2) is 0 Å². The molecular weight excluding hydrogens is 254 g/mol. The Balaban J connectivity index is 2.43. The molecular formula is C16H29NO3. The zero-order valence-corrected chi connectivity index (χ0v) is 13.2. The largest absolute Gasteiger partial charge is 0.481 e. The molecule has 20 heavy (non-hydrogen) atoms. The van der Waals surface area contributed by atoms with E-state index in [1.807, 2.05) is 13.8 Å². The lowest BCUT2D eigenvalue weighted by Gasteiger charge is -2.20. The minimum atomic E-state index is -0.832. The Hall–Kier alpha value is -1.06. The van der Waals surface area contributed by atoms with Crippen LogP contribution in [0.4, 0.5) is 0 Å². The molecule has 1 aliphatic rings. The van der Waals surface area contributed by atoms with Crippen LogP contribution in [0.2, 0.25) is 0 Å². The molecule has 1 saturated carbocycles. The second-order valence-electron chi connectivity index (χ2n) is 6.86. The first-order valence-electron chi connectivity index (χ1n) is 7.84. The highest BCUT2D eigenvalue weighted by Crippen LogP contribution is 2.36. The van der Waals surface area contributed by atoms with Crippen molar-refractivity contribution in [3.05, 3.63) is 0 Å². The second kappa shape index (κ2) is 7.65. The van der Waals surface area contributed by atoms with E-state index < -0.39 is 11.9 Å². The van der Waals surface area contributed by atoms with E-state index in [1.165, 1.54) is 6.42 Å². The molecule has 1 amide bonds. The van der Waals surface area contributed by atoms with Crippen LogP contribution in [-0.2, 0) is 9.59 Å². The molecule has 0 heterocycles. The van der Waals surface area contributed by atoms with Crippen molar-refractivity contribution in [3.63, 3.8) is 0 Å². The van der Waals surface area contributed by atoms with Crippen molar-refractivity contribution in [2.24, 2.45) is 23.7 Å². The van der Waals surface area contributed by atoms with Crippen LogP contribution in [0.1, 0.15) is 59.8 Å². The molecule has 2 N–H and O–H groups in total. The second-order valence-corrected chi connectivity index (χ2v) is 6.86. The van der Waals surface area contributed by atoms with Crippen LogP contribution in [0, 0.1) is 23.7 Å². The summed E-state index contributed by atoms with van der Waals surface area (Å²) in [5, 5.41) is 12.2. The number of carbonyl (C=O) groups excluding carboxylic acids is 1. The van der Waals surface area contributed by atoms with Gasteiger partial charge in [0.05, 0.1) is 11.8 Å². The lowest BCUT2D eigenvalue weighted by Crippen LogP contribution is -2.40. The fourth-order valence-corrected chi connectivity index (χ4v) is 3.11. The average molecular weight is 283 g/mol. The zero-order chi connectivity index (χ0) is 15.3. The standard InChI is InChI=1S/C16H29NO3/c1-10(2)6-5-7-12(4)17-15(18)13-8-11(3)9-14(13)16(19)20/h10-14H,5-9H2,1-4H3,(H,17,18)(H,19,20). The van der Waals surface area contributed by atoms with Crippen LogP contribution in [0.15, 0.2) is 0 Å². The summed E-state index contributed by atoms with van der Waals surface area (Å²) in [5.41, 5.74) is 0. The summed E-state index contributed by atoms with van der Waals surface area (Å²) in [4.78, 5) is 23.5. The fraction of sp³-hybridized carbons (Fsp3) is 0.875. The van der Waals surface area contributed by atoms with Gasteiger partial charge in [-0.15, -0.1) is 0 Å². The minimum Gasteiger partial charge on any atom is -0.481 e.